The molecule has 1 amide bonds. The number of nitrogens with zero attached hydrogens (tertiary/aromatic N) is 3. The Morgan fingerprint density at radius 3 is 2.62 bits per heavy atom. The molecule has 10 nitrogen and oxygen atoms in total. The second-order valence-corrected chi connectivity index (χ2v) is 11.5. The number of aliphatic hydroxyl groups is 1. The zero-order valence-electron chi connectivity index (χ0n) is 20.0. The van der Waals surface area contributed by atoms with E-state index < -0.39 is 44.4 Å². The van der Waals surface area contributed by atoms with Gasteiger partial charge in [0.05, 0.1) is 19.3 Å². The van der Waals surface area contributed by atoms with Gasteiger partial charge in [0, 0.05) is 26.1 Å². The van der Waals surface area contributed by atoms with Crippen LogP contribution in [-0.4, -0.2) is 85.8 Å². The molecule has 3 atom stereocenters. The van der Waals surface area contributed by atoms with Crippen LogP contribution in [0.2, 0.25) is 0 Å². The minimum atomic E-state index is -4.16. The molecule has 12 heteroatoms. The topological polar surface area (TPSA) is 118 Å². The largest absolute Gasteiger partial charge is 0.443 e. The van der Waals surface area contributed by atoms with Gasteiger partial charge in [-0.2, -0.15) is 0 Å². The van der Waals surface area contributed by atoms with Crippen molar-refractivity contribution in [2.75, 3.05) is 34.1 Å². The first-order chi connectivity index (χ1) is 15.8. The monoisotopic (exact) mass is 501 g/mol. The maximum absolute atomic E-state index is 15.0. The Morgan fingerprint density at radius 2 is 2.00 bits per heavy atom. The van der Waals surface area contributed by atoms with Crippen molar-refractivity contribution in [3.63, 3.8) is 0 Å². The van der Waals surface area contributed by atoms with Crippen LogP contribution < -0.4 is 0 Å². The third kappa shape index (κ3) is 5.04. The standard InChI is InChI=1S/C22H32FN3O7S/c1-21(2,3)33-20(28)26(14-32-11-10-31-5)19-24-22(16-8-6-7-9-17(16)23)13-15(27)12-18(22)34(29,30)25(19)4/h6-9,15,18,27H,10-14H2,1-5H3. The summed E-state index contributed by atoms with van der Waals surface area (Å²) in [6, 6.07) is 5.73. The van der Waals surface area contributed by atoms with Gasteiger partial charge in [-0.1, -0.05) is 18.2 Å². The van der Waals surface area contributed by atoms with Gasteiger partial charge in [0.2, 0.25) is 16.0 Å². The van der Waals surface area contributed by atoms with Gasteiger partial charge < -0.3 is 19.3 Å². The summed E-state index contributed by atoms with van der Waals surface area (Å²) in [5.74, 6) is -0.926. The molecule has 1 aromatic carbocycles. The molecule has 190 valence electrons. The van der Waals surface area contributed by atoms with Crippen molar-refractivity contribution < 1.29 is 36.9 Å². The summed E-state index contributed by atoms with van der Waals surface area (Å²) in [5, 5.41) is 9.25. The molecule has 0 saturated heterocycles. The number of ether oxygens (including phenoxy) is 3. The highest BCUT2D eigenvalue weighted by Gasteiger charge is 2.60. The van der Waals surface area contributed by atoms with Crippen LogP contribution in [0.25, 0.3) is 0 Å². The maximum atomic E-state index is 15.0. The Labute approximate surface area is 199 Å². The van der Waals surface area contributed by atoms with E-state index in [-0.39, 0.29) is 44.3 Å². The number of guanidine groups is 1. The number of benzene rings is 1. The number of halogens is 1. The quantitative estimate of drug-likeness (QED) is 0.468. The van der Waals surface area contributed by atoms with E-state index in [4.69, 9.17) is 14.2 Å². The van der Waals surface area contributed by atoms with Crippen molar-refractivity contribution in [3.05, 3.63) is 35.6 Å². The van der Waals surface area contributed by atoms with E-state index in [1.165, 1.54) is 32.4 Å². The lowest BCUT2D eigenvalue weighted by Crippen LogP contribution is -2.59. The lowest BCUT2D eigenvalue weighted by Gasteiger charge is -2.42. The second-order valence-electron chi connectivity index (χ2n) is 9.35. The van der Waals surface area contributed by atoms with Crippen LogP contribution in [0.4, 0.5) is 9.18 Å². The molecule has 1 aliphatic carbocycles. The van der Waals surface area contributed by atoms with Gasteiger partial charge in [-0.25, -0.2) is 31.8 Å². The number of methoxy groups -OCH3 is 1. The number of carbonyl (C=O) groups is 1. The van der Waals surface area contributed by atoms with Crippen LogP contribution in [0.1, 0.15) is 39.2 Å². The van der Waals surface area contributed by atoms with Crippen molar-refractivity contribution in [1.29, 1.82) is 0 Å². The van der Waals surface area contributed by atoms with E-state index in [1.807, 2.05) is 0 Å². The Hall–Kier alpha value is -2.28. The van der Waals surface area contributed by atoms with E-state index in [0.717, 1.165) is 9.21 Å². The van der Waals surface area contributed by atoms with Gasteiger partial charge in [0.15, 0.2) is 0 Å². The van der Waals surface area contributed by atoms with Gasteiger partial charge in [-0.3, -0.25) is 0 Å². The molecule has 1 N–H and O–H groups in total. The van der Waals surface area contributed by atoms with E-state index in [0.29, 0.717) is 0 Å². The third-order valence-corrected chi connectivity index (χ3v) is 7.96. The summed E-state index contributed by atoms with van der Waals surface area (Å²) < 4.78 is 59.0. The zero-order valence-corrected chi connectivity index (χ0v) is 20.8. The van der Waals surface area contributed by atoms with E-state index >= 15 is 0 Å². The summed E-state index contributed by atoms with van der Waals surface area (Å²) >= 11 is 0. The molecule has 1 fully saturated rings. The summed E-state index contributed by atoms with van der Waals surface area (Å²) in [5.41, 5.74) is -2.47. The number of hydrogen-bond acceptors (Lipinski definition) is 8. The van der Waals surface area contributed by atoms with Gasteiger partial charge in [-0.15, -0.1) is 0 Å². The number of aliphatic imine (C=N–C) groups is 1. The normalized spacial score (nSPS) is 26.1. The SMILES string of the molecule is COCCOCN(C(=O)OC(C)(C)C)C1=NC2(c3ccccc3F)CC(O)CC2S(=O)(=O)N1C. The van der Waals surface area contributed by atoms with Gasteiger partial charge >= 0.3 is 6.09 Å². The van der Waals surface area contributed by atoms with E-state index in [1.54, 1.807) is 26.8 Å². The Bertz CT molecular complexity index is 1040. The van der Waals surface area contributed by atoms with Crippen molar-refractivity contribution in [1.82, 2.24) is 9.21 Å². The molecule has 0 spiro atoms. The molecule has 0 bridgehead atoms. The lowest BCUT2D eigenvalue weighted by atomic mass is 9.87. The first kappa shape index (κ1) is 26.3. The summed E-state index contributed by atoms with van der Waals surface area (Å²) in [6.07, 6.45) is -2.15. The van der Waals surface area contributed by atoms with E-state index in [9.17, 15) is 22.7 Å². The summed E-state index contributed by atoms with van der Waals surface area (Å²) in [7, 11) is -1.40. The highest BCUT2D eigenvalue weighted by molar-refractivity contribution is 7.90. The van der Waals surface area contributed by atoms with E-state index in [2.05, 4.69) is 4.99 Å². The number of rotatable bonds is 6. The fraction of sp³-hybridized carbons (Fsp3) is 0.636. The number of carbonyl (C=O) groups excluding carboxylic acids is 1. The van der Waals surface area contributed by atoms with Crippen LogP contribution in [0.15, 0.2) is 29.3 Å². The van der Waals surface area contributed by atoms with Crippen molar-refractivity contribution in [3.8, 4) is 0 Å². The average molecular weight is 502 g/mol. The molecule has 1 saturated carbocycles. The summed E-state index contributed by atoms with van der Waals surface area (Å²) in [6.45, 7) is 5.00. The molecule has 3 unspecified atom stereocenters. The van der Waals surface area contributed by atoms with Crippen molar-refractivity contribution in [2.45, 2.75) is 56.1 Å². The molecule has 2 aliphatic rings. The molecule has 34 heavy (non-hydrogen) atoms. The first-order valence-corrected chi connectivity index (χ1v) is 12.4. The zero-order chi connectivity index (χ0) is 25.3. The highest BCUT2D eigenvalue weighted by atomic mass is 32.2. The molecule has 1 aromatic rings. The third-order valence-electron chi connectivity index (χ3n) is 5.74. The number of aliphatic hydroxyl groups excluding tert-OH is 1. The average Bonchev–Trinajstić information content (AvgIpc) is 3.08. The Kier molecular flexibility index (Phi) is 7.56. The van der Waals surface area contributed by atoms with Crippen LogP contribution in [-0.2, 0) is 29.8 Å². The summed E-state index contributed by atoms with van der Waals surface area (Å²) in [4.78, 5) is 18.7. The lowest BCUT2D eigenvalue weighted by molar-refractivity contribution is -0.00423. The molecule has 0 radical (unpaired) electrons. The van der Waals surface area contributed by atoms with Crippen LogP contribution in [0.5, 0.6) is 0 Å². The minimum absolute atomic E-state index is 0.0372. The van der Waals surface area contributed by atoms with Crippen LogP contribution >= 0.6 is 0 Å². The highest BCUT2D eigenvalue weighted by Crippen LogP contribution is 2.50. The number of hydrogen-bond donors (Lipinski definition) is 1. The predicted molar refractivity (Wildman–Crippen MR) is 122 cm³/mol. The van der Waals surface area contributed by atoms with Gasteiger partial charge in [-0.05, 0) is 33.3 Å². The molecule has 3 rings (SSSR count). The van der Waals surface area contributed by atoms with Crippen molar-refractivity contribution >= 4 is 22.1 Å². The Morgan fingerprint density at radius 1 is 1.32 bits per heavy atom. The van der Waals surface area contributed by atoms with Crippen LogP contribution in [0.3, 0.4) is 0 Å². The smallest absolute Gasteiger partial charge is 0.419 e. The number of sulfonamides is 1. The predicted octanol–water partition coefficient (Wildman–Crippen LogP) is 2.03. The first-order valence-electron chi connectivity index (χ1n) is 10.9. The maximum Gasteiger partial charge on any atom is 0.419 e. The molecule has 0 aromatic heterocycles. The molecular formula is C22H32FN3O7S. The molecular weight excluding hydrogens is 469 g/mol. The fourth-order valence-corrected chi connectivity index (χ4v) is 6.23. The fourth-order valence-electron chi connectivity index (χ4n) is 4.25. The second kappa shape index (κ2) is 9.76. The number of amides is 1. The number of fused-ring (bicyclic) bond motifs is 1. The molecule has 1 aliphatic heterocycles. The molecule has 1 heterocycles. The Balaban J connectivity index is 2.17. The van der Waals surface area contributed by atoms with Gasteiger partial charge in [0.1, 0.15) is 28.9 Å². The minimum Gasteiger partial charge on any atom is -0.443 e. The van der Waals surface area contributed by atoms with Gasteiger partial charge in [0.25, 0.3) is 0 Å². The van der Waals surface area contributed by atoms with Crippen LogP contribution in [0, 0.1) is 5.82 Å². The van der Waals surface area contributed by atoms with Crippen molar-refractivity contribution in [2.24, 2.45) is 4.99 Å².